The topological polar surface area (TPSA) is 356 Å². The van der Waals surface area contributed by atoms with Crippen molar-refractivity contribution in [1.82, 2.24) is 36.8 Å². The number of nitrogens with zero attached hydrogens (tertiary/aromatic N) is 1. The van der Waals surface area contributed by atoms with Gasteiger partial charge in [0.05, 0.1) is 30.9 Å². The molecule has 0 aliphatic carbocycles. The number of carbonyl (C=O) groups excluding carboxylic acids is 7. The maximum atomic E-state index is 14.0. The third kappa shape index (κ3) is 16.7. The first-order valence-electron chi connectivity index (χ1n) is 19.9. The Bertz CT molecular complexity index is 1710. The van der Waals surface area contributed by atoms with Gasteiger partial charge >= 0.3 is 11.9 Å². The minimum absolute atomic E-state index is 0.0849. The summed E-state index contributed by atoms with van der Waals surface area (Å²) in [5.41, 5.74) is 6.83. The number of amides is 7. The van der Waals surface area contributed by atoms with Gasteiger partial charge in [0.25, 0.3) is 0 Å². The molecule has 1 saturated heterocycles. The molecule has 1 aliphatic heterocycles. The van der Waals surface area contributed by atoms with Gasteiger partial charge in [-0.25, -0.2) is 4.79 Å². The van der Waals surface area contributed by atoms with Crippen LogP contribution in [0.5, 0.6) is 0 Å². The number of aliphatic carboxylic acids is 2. The largest absolute Gasteiger partial charge is 0.481 e. The number of hydrogen-bond acceptors (Lipinski definition) is 13. The van der Waals surface area contributed by atoms with Gasteiger partial charge < -0.3 is 68.1 Å². The van der Waals surface area contributed by atoms with Crippen LogP contribution in [-0.2, 0) is 49.6 Å². The molecule has 13 N–H and O–H groups in total. The van der Waals surface area contributed by atoms with Crippen molar-refractivity contribution in [3.8, 4) is 0 Å². The van der Waals surface area contributed by atoms with Crippen LogP contribution in [0.1, 0.15) is 72.3 Å². The van der Waals surface area contributed by atoms with Gasteiger partial charge in [0.15, 0.2) is 6.04 Å². The quantitative estimate of drug-likeness (QED) is 0.0475. The van der Waals surface area contributed by atoms with Gasteiger partial charge in [-0.15, -0.1) is 0 Å². The van der Waals surface area contributed by atoms with E-state index in [1.165, 1.54) is 4.90 Å². The maximum Gasteiger partial charge on any atom is 0.328 e. The van der Waals surface area contributed by atoms with Gasteiger partial charge in [-0.3, -0.25) is 38.4 Å². The molecule has 0 spiro atoms. The van der Waals surface area contributed by atoms with Crippen molar-refractivity contribution < 1.29 is 68.7 Å². The number of hydrogen-bond donors (Lipinski definition) is 12. The van der Waals surface area contributed by atoms with E-state index in [1.807, 2.05) is 19.2 Å². The number of carboxylic acid groups (broad SMARTS) is 2. The number of nitrogens with two attached hydrogens (primary N) is 1. The van der Waals surface area contributed by atoms with Gasteiger partial charge in [-0.1, -0.05) is 44.2 Å². The number of likely N-dealkylation sites (tertiary alicyclic amines) is 1. The summed E-state index contributed by atoms with van der Waals surface area (Å²) in [6.07, 6.45) is -4.83. The van der Waals surface area contributed by atoms with Gasteiger partial charge in [-0.2, -0.15) is 0 Å². The van der Waals surface area contributed by atoms with Crippen LogP contribution in [0.4, 0.5) is 0 Å². The molecule has 1 aromatic carbocycles. The molecule has 0 aromatic heterocycles. The summed E-state index contributed by atoms with van der Waals surface area (Å²) in [6.45, 7) is 6.33. The molecular formula is C39H60N8O14. The minimum atomic E-state index is -1.81. The Morgan fingerprint density at radius 3 is 1.80 bits per heavy atom. The number of aliphatic hydroxyl groups excluding tert-OH is 3. The molecule has 7 amide bonds. The van der Waals surface area contributed by atoms with E-state index in [-0.39, 0.29) is 25.3 Å². The highest BCUT2D eigenvalue weighted by atomic mass is 16.4. The molecule has 1 heterocycles. The average molecular weight is 865 g/mol. The summed E-state index contributed by atoms with van der Waals surface area (Å²) >= 11 is 0. The molecule has 10 atom stereocenters. The second kappa shape index (κ2) is 24.5. The lowest BCUT2D eigenvalue weighted by atomic mass is 10.0. The van der Waals surface area contributed by atoms with Crippen LogP contribution < -0.4 is 37.6 Å². The highest BCUT2D eigenvalue weighted by Crippen LogP contribution is 2.21. The highest BCUT2D eigenvalue weighted by Gasteiger charge is 2.40. The molecule has 1 fully saturated rings. The average Bonchev–Trinajstić information content (AvgIpc) is 3.68. The Labute approximate surface area is 352 Å². The van der Waals surface area contributed by atoms with E-state index >= 15 is 0 Å². The van der Waals surface area contributed by atoms with Crippen LogP contribution in [0.25, 0.3) is 0 Å². The first-order valence-corrected chi connectivity index (χ1v) is 19.9. The minimum Gasteiger partial charge on any atom is -0.481 e. The molecule has 0 saturated carbocycles. The Morgan fingerprint density at radius 1 is 0.721 bits per heavy atom. The van der Waals surface area contributed by atoms with Crippen LogP contribution in [0, 0.1) is 5.92 Å². The summed E-state index contributed by atoms with van der Waals surface area (Å²) in [7, 11) is 0. The van der Waals surface area contributed by atoms with E-state index in [0.29, 0.717) is 12.8 Å². The summed E-state index contributed by atoms with van der Waals surface area (Å²) in [5.74, 6) is -9.23. The molecule has 2 rings (SSSR count). The third-order valence-corrected chi connectivity index (χ3v) is 9.69. The molecule has 340 valence electrons. The lowest BCUT2D eigenvalue weighted by molar-refractivity contribution is -0.146. The first kappa shape index (κ1) is 51.4. The van der Waals surface area contributed by atoms with Crippen molar-refractivity contribution >= 4 is 53.3 Å². The standard InChI is InChI=1S/C39H60N8O14/c1-19(2)16-24(40)33(54)43-26(17-23-10-7-6-8-11-23)38(59)47-15-9-12-27(47)35(56)42-25(13-14-29(52)53)34(55)41-18-28(51)44-30(20(3)48)36(57)45-31(21(4)49)37(58)46-32(22(5)50)39(60)61/h6-8,10-11,19-22,24-27,30-32,48-50H,9,12-18,40H2,1-5H3,(H,41,55)(H,42,56)(H,43,54)(H,44,51)(H,45,57)(H,46,58)(H,52,53)(H,60,61). The molecule has 0 bridgehead atoms. The molecule has 22 heteroatoms. The molecule has 61 heavy (non-hydrogen) atoms. The molecule has 1 aromatic rings. The maximum absolute atomic E-state index is 14.0. The predicted molar refractivity (Wildman–Crippen MR) is 215 cm³/mol. The summed E-state index contributed by atoms with van der Waals surface area (Å²) in [4.78, 5) is 117. The number of benzene rings is 1. The predicted octanol–water partition coefficient (Wildman–Crippen LogP) is -3.77. The number of carboxylic acids is 2. The Kier molecular flexibility index (Phi) is 20.7. The van der Waals surface area contributed by atoms with Crippen molar-refractivity contribution in [1.29, 1.82) is 0 Å². The zero-order chi connectivity index (χ0) is 46.1. The number of carbonyl (C=O) groups is 9. The molecule has 1 aliphatic rings. The molecule has 22 nitrogen and oxygen atoms in total. The van der Waals surface area contributed by atoms with Crippen LogP contribution in [0.15, 0.2) is 30.3 Å². The van der Waals surface area contributed by atoms with E-state index in [1.54, 1.807) is 30.3 Å². The van der Waals surface area contributed by atoms with Gasteiger partial charge in [0.1, 0.15) is 30.2 Å². The van der Waals surface area contributed by atoms with Crippen molar-refractivity contribution in [2.75, 3.05) is 13.1 Å². The van der Waals surface area contributed by atoms with Crippen molar-refractivity contribution in [3.63, 3.8) is 0 Å². The zero-order valence-corrected chi connectivity index (χ0v) is 34.8. The fraction of sp³-hybridized carbons (Fsp3) is 0.615. The molecular weight excluding hydrogens is 804 g/mol. The fourth-order valence-electron chi connectivity index (χ4n) is 6.45. The normalized spacial score (nSPS) is 18.1. The number of aliphatic hydroxyl groups is 3. The van der Waals surface area contributed by atoms with E-state index < -0.39 is 133 Å². The molecule has 10 unspecified atom stereocenters. The lowest BCUT2D eigenvalue weighted by Crippen LogP contribution is -2.62. The Morgan fingerprint density at radius 2 is 1.28 bits per heavy atom. The van der Waals surface area contributed by atoms with E-state index in [0.717, 1.165) is 26.3 Å². The second-order valence-electron chi connectivity index (χ2n) is 15.5. The monoisotopic (exact) mass is 864 g/mol. The van der Waals surface area contributed by atoms with Gasteiger partial charge in [0, 0.05) is 19.4 Å². The highest BCUT2D eigenvalue weighted by molar-refractivity contribution is 5.97. The Balaban J connectivity index is 2.18. The zero-order valence-electron chi connectivity index (χ0n) is 34.8. The van der Waals surface area contributed by atoms with Gasteiger partial charge in [0.2, 0.25) is 41.4 Å². The lowest BCUT2D eigenvalue weighted by Gasteiger charge is -2.30. The first-order chi connectivity index (χ1) is 28.5. The SMILES string of the molecule is CC(C)CC(N)C(=O)NC(Cc1ccccc1)C(=O)N1CCCC1C(=O)NC(CCC(=O)O)C(=O)NCC(=O)NC(C(=O)NC(C(=O)NC(C(=O)O)C(C)O)C(C)O)C(C)O. The Hall–Kier alpha value is -5.71. The number of rotatable bonds is 24. The smallest absolute Gasteiger partial charge is 0.328 e. The van der Waals surface area contributed by atoms with Crippen molar-refractivity contribution in [3.05, 3.63) is 35.9 Å². The van der Waals surface area contributed by atoms with Crippen LogP contribution >= 0.6 is 0 Å². The summed E-state index contributed by atoms with van der Waals surface area (Å²) in [5, 5.41) is 62.4. The third-order valence-electron chi connectivity index (χ3n) is 9.69. The van der Waals surface area contributed by atoms with E-state index in [2.05, 4.69) is 26.6 Å². The summed E-state index contributed by atoms with van der Waals surface area (Å²) < 4.78 is 0. The second-order valence-corrected chi connectivity index (χ2v) is 15.5. The van der Waals surface area contributed by atoms with Crippen LogP contribution in [0.2, 0.25) is 0 Å². The molecule has 0 radical (unpaired) electrons. The van der Waals surface area contributed by atoms with E-state index in [4.69, 9.17) is 5.73 Å². The summed E-state index contributed by atoms with van der Waals surface area (Å²) in [6, 6.07) is -1.18. The van der Waals surface area contributed by atoms with Crippen molar-refractivity contribution in [2.45, 2.75) is 134 Å². The van der Waals surface area contributed by atoms with Crippen LogP contribution in [0.3, 0.4) is 0 Å². The van der Waals surface area contributed by atoms with Crippen molar-refractivity contribution in [2.24, 2.45) is 11.7 Å². The number of nitrogens with one attached hydrogen (secondary N) is 6. The fourth-order valence-corrected chi connectivity index (χ4v) is 6.45. The van der Waals surface area contributed by atoms with E-state index in [9.17, 15) is 68.7 Å². The van der Waals surface area contributed by atoms with Crippen LogP contribution in [-0.4, -0.2) is 157 Å². The van der Waals surface area contributed by atoms with Gasteiger partial charge in [-0.05, 0) is 57.9 Å².